The number of halogens is 3. The van der Waals surface area contributed by atoms with Gasteiger partial charge in [-0.3, -0.25) is 4.79 Å². The molecule has 0 N–H and O–H groups in total. The van der Waals surface area contributed by atoms with Gasteiger partial charge in [-0.1, -0.05) is 24.3 Å². The first-order valence-corrected chi connectivity index (χ1v) is 6.29. The van der Waals surface area contributed by atoms with E-state index in [0.29, 0.717) is 12.7 Å². The average molecular weight is 294 g/mol. The Morgan fingerprint density at radius 2 is 1.81 bits per heavy atom. The summed E-state index contributed by atoms with van der Waals surface area (Å²) in [4.78, 5) is 11.7. The summed E-state index contributed by atoms with van der Waals surface area (Å²) in [6.45, 7) is 0.609. The van der Waals surface area contributed by atoms with E-state index in [0.717, 1.165) is 12.1 Å². The van der Waals surface area contributed by atoms with E-state index < -0.39 is 23.3 Å². The number of esters is 1. The fourth-order valence-corrected chi connectivity index (χ4v) is 1.84. The molecular formula is C16H13F3O2. The zero-order valence-electron chi connectivity index (χ0n) is 11.3. The van der Waals surface area contributed by atoms with E-state index in [2.05, 4.69) is 0 Å². The molecular weight excluding hydrogens is 281 g/mol. The quantitative estimate of drug-likeness (QED) is 0.627. The molecule has 2 rings (SSSR count). The first-order valence-electron chi connectivity index (χ1n) is 6.29. The van der Waals surface area contributed by atoms with E-state index in [4.69, 9.17) is 4.74 Å². The van der Waals surface area contributed by atoms with Crippen LogP contribution in [0.1, 0.15) is 18.1 Å². The molecule has 0 amide bonds. The van der Waals surface area contributed by atoms with E-state index in [1.54, 1.807) is 30.3 Å². The van der Waals surface area contributed by atoms with Crippen molar-refractivity contribution in [2.24, 2.45) is 0 Å². The topological polar surface area (TPSA) is 26.3 Å². The lowest BCUT2D eigenvalue weighted by molar-refractivity contribution is -0.133. The van der Waals surface area contributed by atoms with Crippen LogP contribution in [0.25, 0.3) is 0 Å². The summed E-state index contributed by atoms with van der Waals surface area (Å²) in [5.41, 5.74) is -0.457. The Morgan fingerprint density at radius 1 is 1.14 bits per heavy atom. The maximum atomic E-state index is 13.4. The minimum absolute atomic E-state index is 0.210. The third-order valence-corrected chi connectivity index (χ3v) is 2.83. The summed E-state index contributed by atoms with van der Waals surface area (Å²) >= 11 is 0. The lowest BCUT2D eigenvalue weighted by atomic mass is 10.0. The molecule has 0 radical (unpaired) electrons. The second-order valence-electron chi connectivity index (χ2n) is 4.67. The summed E-state index contributed by atoms with van der Waals surface area (Å²) in [5.74, 6) is -4.53. The van der Waals surface area contributed by atoms with Crippen molar-refractivity contribution in [3.63, 3.8) is 0 Å². The first-order chi connectivity index (χ1) is 9.86. The van der Waals surface area contributed by atoms with Crippen LogP contribution in [0.4, 0.5) is 13.2 Å². The number of hydrogen-bond acceptors (Lipinski definition) is 2. The molecule has 110 valence electrons. The Bertz CT molecular complexity index is 634. The SMILES string of the molecule is CC(F)(F)c1cc(CC(=O)Oc2ccccc2)ccc1F. The van der Waals surface area contributed by atoms with Gasteiger partial charge in [-0.15, -0.1) is 0 Å². The average Bonchev–Trinajstić information content (AvgIpc) is 2.41. The third-order valence-electron chi connectivity index (χ3n) is 2.83. The minimum Gasteiger partial charge on any atom is -0.426 e. The van der Waals surface area contributed by atoms with Gasteiger partial charge < -0.3 is 4.74 Å². The number of carbonyl (C=O) groups excluding carboxylic acids is 1. The second kappa shape index (κ2) is 5.99. The highest BCUT2D eigenvalue weighted by atomic mass is 19.3. The minimum atomic E-state index is -3.30. The van der Waals surface area contributed by atoms with Crippen LogP contribution in [0, 0.1) is 5.82 Å². The van der Waals surface area contributed by atoms with Crippen molar-refractivity contribution >= 4 is 5.97 Å². The highest BCUT2D eigenvalue weighted by Crippen LogP contribution is 2.30. The molecule has 21 heavy (non-hydrogen) atoms. The highest BCUT2D eigenvalue weighted by molar-refractivity contribution is 5.75. The Morgan fingerprint density at radius 3 is 2.43 bits per heavy atom. The molecule has 2 aromatic carbocycles. The van der Waals surface area contributed by atoms with Crippen molar-refractivity contribution in [3.05, 3.63) is 65.5 Å². The van der Waals surface area contributed by atoms with Crippen LogP contribution in [-0.2, 0) is 17.1 Å². The zero-order valence-corrected chi connectivity index (χ0v) is 11.3. The van der Waals surface area contributed by atoms with Crippen LogP contribution in [-0.4, -0.2) is 5.97 Å². The predicted molar refractivity (Wildman–Crippen MR) is 71.7 cm³/mol. The van der Waals surface area contributed by atoms with Crippen molar-refractivity contribution < 1.29 is 22.7 Å². The Kier molecular flexibility index (Phi) is 4.31. The molecule has 0 spiro atoms. The van der Waals surface area contributed by atoms with Gasteiger partial charge in [0.05, 0.1) is 12.0 Å². The molecule has 0 unspecified atom stereocenters. The summed E-state index contributed by atoms with van der Waals surface area (Å²) in [6.07, 6.45) is -0.210. The molecule has 5 heteroatoms. The number of rotatable bonds is 4. The highest BCUT2D eigenvalue weighted by Gasteiger charge is 2.28. The standard InChI is InChI=1S/C16H13F3O2/c1-16(18,19)13-9-11(7-8-14(13)17)10-15(20)21-12-5-3-2-4-6-12/h2-9H,10H2,1H3. The molecule has 0 aromatic heterocycles. The molecule has 2 nitrogen and oxygen atoms in total. The van der Waals surface area contributed by atoms with Crippen LogP contribution in [0.15, 0.2) is 48.5 Å². The van der Waals surface area contributed by atoms with E-state index in [1.165, 1.54) is 6.07 Å². The van der Waals surface area contributed by atoms with Crippen LogP contribution in [0.2, 0.25) is 0 Å². The van der Waals surface area contributed by atoms with Crippen LogP contribution >= 0.6 is 0 Å². The summed E-state index contributed by atoms with van der Waals surface area (Å²) in [5, 5.41) is 0. The van der Waals surface area contributed by atoms with Crippen molar-refractivity contribution in [1.82, 2.24) is 0 Å². The van der Waals surface area contributed by atoms with E-state index >= 15 is 0 Å². The summed E-state index contributed by atoms with van der Waals surface area (Å²) < 4.78 is 44.9. The van der Waals surface area contributed by atoms with Gasteiger partial charge in [0, 0.05) is 6.92 Å². The van der Waals surface area contributed by atoms with Crippen LogP contribution < -0.4 is 4.74 Å². The third kappa shape index (κ3) is 4.08. The van der Waals surface area contributed by atoms with E-state index in [-0.39, 0.29) is 12.0 Å². The maximum absolute atomic E-state index is 13.4. The molecule has 0 saturated heterocycles. The van der Waals surface area contributed by atoms with Gasteiger partial charge in [0.15, 0.2) is 0 Å². The van der Waals surface area contributed by atoms with Crippen molar-refractivity contribution in [1.29, 1.82) is 0 Å². The molecule has 0 heterocycles. The second-order valence-corrected chi connectivity index (χ2v) is 4.67. The van der Waals surface area contributed by atoms with Gasteiger partial charge in [0.1, 0.15) is 11.6 Å². The largest absolute Gasteiger partial charge is 0.426 e. The van der Waals surface area contributed by atoms with Crippen molar-refractivity contribution in [3.8, 4) is 5.75 Å². The fraction of sp³-hybridized carbons (Fsp3) is 0.188. The molecule has 0 bridgehead atoms. The maximum Gasteiger partial charge on any atom is 0.315 e. The lowest BCUT2D eigenvalue weighted by Crippen LogP contribution is -2.14. The van der Waals surface area contributed by atoms with E-state index in [9.17, 15) is 18.0 Å². The number of carbonyl (C=O) groups is 1. The van der Waals surface area contributed by atoms with Crippen molar-refractivity contribution in [2.75, 3.05) is 0 Å². The molecule has 0 aliphatic rings. The molecule has 0 fully saturated rings. The zero-order chi connectivity index (χ0) is 15.5. The number of benzene rings is 2. The molecule has 2 aromatic rings. The smallest absolute Gasteiger partial charge is 0.315 e. The molecule has 0 aliphatic carbocycles. The summed E-state index contributed by atoms with van der Waals surface area (Å²) in [7, 11) is 0. The predicted octanol–water partition coefficient (Wildman–Crippen LogP) is 4.09. The number of hydrogen-bond donors (Lipinski definition) is 0. The Hall–Kier alpha value is -2.30. The van der Waals surface area contributed by atoms with Crippen molar-refractivity contribution in [2.45, 2.75) is 19.3 Å². The number of para-hydroxylation sites is 1. The van der Waals surface area contributed by atoms with E-state index in [1.807, 2.05) is 0 Å². The summed E-state index contributed by atoms with van der Waals surface area (Å²) in [6, 6.07) is 11.6. The van der Waals surface area contributed by atoms with Gasteiger partial charge in [-0.25, -0.2) is 13.2 Å². The van der Waals surface area contributed by atoms with Crippen LogP contribution in [0.3, 0.4) is 0 Å². The molecule has 0 saturated carbocycles. The molecule has 0 atom stereocenters. The number of ether oxygens (including phenoxy) is 1. The van der Waals surface area contributed by atoms with Gasteiger partial charge in [-0.05, 0) is 29.8 Å². The van der Waals surface area contributed by atoms with Gasteiger partial charge >= 0.3 is 5.97 Å². The van der Waals surface area contributed by atoms with Gasteiger partial charge in [0.2, 0.25) is 0 Å². The Balaban J connectivity index is 2.11. The Labute approximate surface area is 120 Å². The monoisotopic (exact) mass is 294 g/mol. The lowest BCUT2D eigenvalue weighted by Gasteiger charge is -2.13. The first kappa shape index (κ1) is 15.1. The molecule has 0 aliphatic heterocycles. The van der Waals surface area contributed by atoms with Gasteiger partial charge in [0.25, 0.3) is 5.92 Å². The number of alkyl halides is 2. The normalized spacial score (nSPS) is 11.2. The van der Waals surface area contributed by atoms with Gasteiger partial charge in [-0.2, -0.15) is 0 Å². The van der Waals surface area contributed by atoms with Crippen LogP contribution in [0.5, 0.6) is 5.75 Å². The fourth-order valence-electron chi connectivity index (χ4n) is 1.84.